The van der Waals surface area contributed by atoms with Crippen molar-refractivity contribution in [2.24, 2.45) is 0 Å². The minimum Gasteiger partial charge on any atom is -0.508 e. The Morgan fingerprint density at radius 2 is 1.62 bits per heavy atom. The smallest absolute Gasteiger partial charge is 0.226 e. The van der Waals surface area contributed by atoms with E-state index in [1.807, 2.05) is 18.2 Å². The van der Waals surface area contributed by atoms with Gasteiger partial charge in [-0.2, -0.15) is 10.5 Å². The highest BCUT2D eigenvalue weighted by molar-refractivity contribution is 7.98. The fraction of sp³-hybridized carbons (Fsp3) is 0.0435. The molecule has 0 amide bonds. The number of oxazole rings is 1. The Kier molecular flexibility index (Phi) is 6.00. The van der Waals surface area contributed by atoms with Gasteiger partial charge in [-0.05, 0) is 42.0 Å². The van der Waals surface area contributed by atoms with Crippen molar-refractivity contribution in [3.05, 3.63) is 76.6 Å². The first-order valence-corrected chi connectivity index (χ1v) is 10.6. The number of thioether (sulfide) groups is 1. The van der Waals surface area contributed by atoms with Crippen molar-refractivity contribution in [1.29, 1.82) is 10.5 Å². The number of benzene rings is 2. The standard InChI is InChI=1S/C23H14ClN5O2S/c24-15-5-1-14(2-6-15)22-28-16(11-31-22)12-32-23-19(10-26)20(18(9-25)21(27)29-23)13-3-7-17(30)8-4-13/h1-8,11,30H,12H2,(H2,27,29). The van der Waals surface area contributed by atoms with E-state index in [0.717, 1.165) is 5.56 Å². The zero-order valence-electron chi connectivity index (χ0n) is 16.4. The molecule has 0 unspecified atom stereocenters. The number of pyridine rings is 1. The van der Waals surface area contributed by atoms with Gasteiger partial charge in [-0.3, -0.25) is 0 Å². The zero-order valence-corrected chi connectivity index (χ0v) is 18.0. The van der Waals surface area contributed by atoms with Crippen molar-refractivity contribution in [2.45, 2.75) is 10.8 Å². The highest BCUT2D eigenvalue weighted by atomic mass is 35.5. The van der Waals surface area contributed by atoms with Crippen molar-refractivity contribution in [3.63, 3.8) is 0 Å². The number of hydrogen-bond acceptors (Lipinski definition) is 8. The number of nitriles is 2. The third-order valence-electron chi connectivity index (χ3n) is 4.57. The Hall–Kier alpha value is -3.98. The Bertz CT molecular complexity index is 1370. The van der Waals surface area contributed by atoms with Gasteiger partial charge in [0.15, 0.2) is 0 Å². The first-order chi connectivity index (χ1) is 15.5. The molecule has 0 saturated carbocycles. The third kappa shape index (κ3) is 4.23. The predicted octanol–water partition coefficient (Wildman–Crippen LogP) is 5.38. The second-order valence-corrected chi connectivity index (χ2v) is 8.04. The molecule has 0 radical (unpaired) electrons. The highest BCUT2D eigenvalue weighted by Gasteiger charge is 2.21. The number of nitrogens with zero attached hydrogens (tertiary/aromatic N) is 4. The lowest BCUT2D eigenvalue weighted by Crippen LogP contribution is -2.03. The average molecular weight is 460 g/mol. The number of nitrogen functional groups attached to an aromatic ring is 1. The van der Waals surface area contributed by atoms with Crippen molar-refractivity contribution in [2.75, 3.05) is 5.73 Å². The maximum Gasteiger partial charge on any atom is 0.226 e. The second-order valence-electron chi connectivity index (χ2n) is 6.64. The first-order valence-electron chi connectivity index (χ1n) is 9.26. The summed E-state index contributed by atoms with van der Waals surface area (Å²) in [5.41, 5.74) is 8.78. The zero-order chi connectivity index (χ0) is 22.7. The summed E-state index contributed by atoms with van der Waals surface area (Å²) in [6, 6.07) is 17.5. The van der Waals surface area contributed by atoms with E-state index in [-0.39, 0.29) is 22.7 Å². The fourth-order valence-corrected chi connectivity index (χ4v) is 4.06. The molecule has 0 aliphatic heterocycles. The van der Waals surface area contributed by atoms with Crippen molar-refractivity contribution in [3.8, 4) is 40.5 Å². The van der Waals surface area contributed by atoms with Gasteiger partial charge in [-0.1, -0.05) is 35.5 Å². The van der Waals surface area contributed by atoms with Crippen LogP contribution >= 0.6 is 23.4 Å². The Balaban J connectivity index is 1.66. The average Bonchev–Trinajstić information content (AvgIpc) is 3.27. The van der Waals surface area contributed by atoms with Crippen LogP contribution in [-0.4, -0.2) is 15.1 Å². The molecule has 3 N–H and O–H groups in total. The molecule has 0 aliphatic rings. The molecule has 4 aromatic rings. The maximum atomic E-state index is 9.85. The van der Waals surface area contributed by atoms with E-state index in [9.17, 15) is 15.6 Å². The summed E-state index contributed by atoms with van der Waals surface area (Å²) < 4.78 is 5.56. The third-order valence-corrected chi connectivity index (χ3v) is 5.83. The number of aromatic hydroxyl groups is 1. The summed E-state index contributed by atoms with van der Waals surface area (Å²) in [6.07, 6.45) is 1.54. The molecule has 0 saturated heterocycles. The van der Waals surface area contributed by atoms with E-state index in [0.29, 0.717) is 38.5 Å². The van der Waals surface area contributed by atoms with E-state index in [1.165, 1.54) is 30.2 Å². The SMILES string of the molecule is N#Cc1c(N)nc(SCc2coc(-c3ccc(Cl)cc3)n2)c(C#N)c1-c1ccc(O)cc1. The van der Waals surface area contributed by atoms with Crippen LogP contribution in [0.1, 0.15) is 16.8 Å². The van der Waals surface area contributed by atoms with Crippen LogP contribution < -0.4 is 5.73 Å². The van der Waals surface area contributed by atoms with Crippen LogP contribution in [0.2, 0.25) is 5.02 Å². The number of hydrogen-bond donors (Lipinski definition) is 2. The lowest BCUT2D eigenvalue weighted by Gasteiger charge is -2.12. The molecule has 156 valence electrons. The van der Waals surface area contributed by atoms with Gasteiger partial charge in [0.25, 0.3) is 0 Å². The van der Waals surface area contributed by atoms with Gasteiger partial charge >= 0.3 is 0 Å². The van der Waals surface area contributed by atoms with Crippen LogP contribution in [0.4, 0.5) is 5.82 Å². The van der Waals surface area contributed by atoms with Gasteiger partial charge in [0.05, 0.1) is 11.3 Å². The molecule has 7 nitrogen and oxygen atoms in total. The minimum atomic E-state index is 0.0269. The highest BCUT2D eigenvalue weighted by Crippen LogP contribution is 2.37. The van der Waals surface area contributed by atoms with E-state index in [1.54, 1.807) is 24.3 Å². The summed E-state index contributed by atoms with van der Waals surface area (Å²) in [4.78, 5) is 8.76. The molecule has 32 heavy (non-hydrogen) atoms. The summed E-state index contributed by atoms with van der Waals surface area (Å²) in [5.74, 6) is 0.929. The molecule has 9 heteroatoms. The van der Waals surface area contributed by atoms with E-state index in [4.69, 9.17) is 21.8 Å². The molecular formula is C23H14ClN5O2S. The Morgan fingerprint density at radius 3 is 2.28 bits per heavy atom. The number of aromatic nitrogens is 2. The summed E-state index contributed by atoms with van der Waals surface area (Å²) in [6.45, 7) is 0. The maximum absolute atomic E-state index is 9.85. The summed E-state index contributed by atoms with van der Waals surface area (Å²) in [7, 11) is 0. The normalized spacial score (nSPS) is 10.5. The van der Waals surface area contributed by atoms with Crippen molar-refractivity contribution in [1.82, 2.24) is 9.97 Å². The monoisotopic (exact) mass is 459 g/mol. The van der Waals surface area contributed by atoms with Gasteiger partial charge < -0.3 is 15.3 Å². The summed E-state index contributed by atoms with van der Waals surface area (Å²) >= 11 is 7.18. The van der Waals surface area contributed by atoms with Crippen LogP contribution in [0.25, 0.3) is 22.6 Å². The molecule has 0 fully saturated rings. The van der Waals surface area contributed by atoms with Crippen LogP contribution in [0.15, 0.2) is 64.2 Å². The van der Waals surface area contributed by atoms with E-state index >= 15 is 0 Å². The Morgan fingerprint density at radius 1 is 0.969 bits per heavy atom. The van der Waals surface area contributed by atoms with E-state index < -0.39 is 0 Å². The van der Waals surface area contributed by atoms with Gasteiger partial charge in [-0.15, -0.1) is 0 Å². The van der Waals surface area contributed by atoms with Gasteiger partial charge in [0, 0.05) is 21.9 Å². The quantitative estimate of drug-likeness (QED) is 0.380. The fourth-order valence-electron chi connectivity index (χ4n) is 3.06. The molecule has 0 bridgehead atoms. The molecule has 4 rings (SSSR count). The van der Waals surface area contributed by atoms with Gasteiger partial charge in [-0.25, -0.2) is 9.97 Å². The molecule has 2 heterocycles. The predicted molar refractivity (Wildman–Crippen MR) is 122 cm³/mol. The molecule has 0 spiro atoms. The van der Waals surface area contributed by atoms with E-state index in [2.05, 4.69) is 16.0 Å². The first kappa shape index (κ1) is 21.3. The minimum absolute atomic E-state index is 0.0269. The van der Waals surface area contributed by atoms with Gasteiger partial charge in [0.2, 0.25) is 5.89 Å². The number of nitrogens with two attached hydrogens (primary N) is 1. The number of anilines is 1. The largest absolute Gasteiger partial charge is 0.508 e. The van der Waals surface area contributed by atoms with Crippen LogP contribution in [0.5, 0.6) is 5.75 Å². The second kappa shape index (κ2) is 9.03. The number of phenolic OH excluding ortho intramolecular Hbond substituents is 1. The number of halogens is 1. The van der Waals surface area contributed by atoms with Crippen molar-refractivity contribution < 1.29 is 9.52 Å². The molecule has 0 aliphatic carbocycles. The number of phenols is 1. The summed E-state index contributed by atoms with van der Waals surface area (Å²) in [5, 5.41) is 30.0. The topological polar surface area (TPSA) is 133 Å². The van der Waals surface area contributed by atoms with Crippen LogP contribution in [0.3, 0.4) is 0 Å². The lowest BCUT2D eigenvalue weighted by molar-refractivity contribution is 0.475. The lowest BCUT2D eigenvalue weighted by atomic mass is 9.97. The van der Waals surface area contributed by atoms with Crippen LogP contribution in [-0.2, 0) is 5.75 Å². The van der Waals surface area contributed by atoms with Crippen molar-refractivity contribution >= 4 is 29.2 Å². The molecule has 0 atom stereocenters. The molecular weight excluding hydrogens is 446 g/mol. The Labute approximate surface area is 192 Å². The number of rotatable bonds is 5. The van der Waals surface area contributed by atoms with Crippen LogP contribution in [0, 0.1) is 22.7 Å². The molecule has 2 aromatic heterocycles. The molecule has 2 aromatic carbocycles. The van der Waals surface area contributed by atoms with Gasteiger partial charge in [0.1, 0.15) is 40.6 Å².